The molecule has 1 aromatic rings. The van der Waals surface area contributed by atoms with Gasteiger partial charge in [-0.1, -0.05) is 0 Å². The summed E-state index contributed by atoms with van der Waals surface area (Å²) in [7, 11) is 1.67. The van der Waals surface area contributed by atoms with Gasteiger partial charge in [-0.3, -0.25) is 14.9 Å². The molecule has 0 aliphatic heterocycles. The number of carbonyl (C=O) groups is 1. The second-order valence-electron chi connectivity index (χ2n) is 3.42. The van der Waals surface area contributed by atoms with Gasteiger partial charge in [0.2, 0.25) is 5.91 Å². The number of rotatable bonds is 6. The first kappa shape index (κ1) is 12.8. The Morgan fingerprint density at radius 2 is 2.06 bits per heavy atom. The van der Waals surface area contributed by atoms with Crippen molar-refractivity contribution in [2.24, 2.45) is 5.73 Å². The lowest BCUT2D eigenvalue weighted by molar-refractivity contribution is -0.384. The molecule has 0 heterocycles. The topological polar surface area (TPSA) is 110 Å². The molecule has 0 bridgehead atoms. The smallest absolute Gasteiger partial charge is 0.273 e. The second-order valence-corrected chi connectivity index (χ2v) is 3.42. The Bertz CT molecular complexity index is 434. The summed E-state index contributed by atoms with van der Waals surface area (Å²) in [4.78, 5) is 20.8. The van der Waals surface area contributed by atoms with Gasteiger partial charge in [-0.05, 0) is 6.07 Å². The van der Waals surface area contributed by atoms with Crippen LogP contribution in [0, 0.1) is 10.1 Å². The van der Waals surface area contributed by atoms with E-state index in [1.165, 1.54) is 12.1 Å². The van der Waals surface area contributed by atoms with E-state index in [2.05, 4.69) is 10.6 Å². The van der Waals surface area contributed by atoms with Gasteiger partial charge in [0.1, 0.15) is 0 Å². The molecule has 7 nitrogen and oxygen atoms in total. The fraction of sp³-hybridized carbons (Fsp3) is 0.300. The predicted octanol–water partition coefficient (Wildman–Crippen LogP) is 0.924. The van der Waals surface area contributed by atoms with Gasteiger partial charge in [-0.2, -0.15) is 0 Å². The van der Waals surface area contributed by atoms with Crippen molar-refractivity contribution < 1.29 is 9.72 Å². The van der Waals surface area contributed by atoms with Crippen molar-refractivity contribution in [3.63, 3.8) is 0 Å². The van der Waals surface area contributed by atoms with Gasteiger partial charge >= 0.3 is 0 Å². The third-order valence-corrected chi connectivity index (χ3v) is 2.12. The van der Waals surface area contributed by atoms with Gasteiger partial charge in [0.25, 0.3) is 5.69 Å². The summed E-state index contributed by atoms with van der Waals surface area (Å²) in [5.41, 5.74) is 6.18. The van der Waals surface area contributed by atoms with Crippen LogP contribution in [0.2, 0.25) is 0 Å². The molecule has 92 valence electrons. The number of anilines is 2. The van der Waals surface area contributed by atoms with Crippen molar-refractivity contribution in [3.05, 3.63) is 28.3 Å². The van der Waals surface area contributed by atoms with E-state index in [1.54, 1.807) is 13.1 Å². The van der Waals surface area contributed by atoms with E-state index in [9.17, 15) is 14.9 Å². The number of nitrogens with zero attached hydrogens (tertiary/aromatic N) is 1. The minimum Gasteiger partial charge on any atom is -0.388 e. The molecule has 0 radical (unpaired) electrons. The average Bonchev–Trinajstić information content (AvgIpc) is 2.28. The number of amides is 1. The maximum absolute atomic E-state index is 10.7. The Hall–Kier alpha value is -2.31. The SMILES string of the molecule is CNc1cc(NCCC(N)=O)cc([N+](=O)[O-])c1. The summed E-state index contributed by atoms with van der Waals surface area (Å²) in [5, 5.41) is 16.4. The third-order valence-electron chi connectivity index (χ3n) is 2.12. The van der Waals surface area contributed by atoms with Crippen LogP contribution in [-0.2, 0) is 4.79 Å². The molecule has 0 saturated carbocycles. The molecule has 0 aromatic heterocycles. The van der Waals surface area contributed by atoms with Crippen LogP contribution in [-0.4, -0.2) is 24.4 Å². The van der Waals surface area contributed by atoms with Crippen molar-refractivity contribution >= 4 is 23.0 Å². The van der Waals surface area contributed by atoms with Gasteiger partial charge in [0.05, 0.1) is 4.92 Å². The van der Waals surface area contributed by atoms with Crippen LogP contribution in [0.4, 0.5) is 17.1 Å². The number of nitro benzene ring substituents is 1. The van der Waals surface area contributed by atoms with Crippen LogP contribution in [0.1, 0.15) is 6.42 Å². The van der Waals surface area contributed by atoms with Gasteiger partial charge in [0, 0.05) is 43.5 Å². The molecule has 1 aromatic carbocycles. The Morgan fingerprint density at radius 1 is 1.41 bits per heavy atom. The molecule has 0 atom stereocenters. The summed E-state index contributed by atoms with van der Waals surface area (Å²) in [6.07, 6.45) is 0.178. The Labute approximate surface area is 98.1 Å². The zero-order valence-corrected chi connectivity index (χ0v) is 9.40. The first-order valence-electron chi connectivity index (χ1n) is 5.02. The van der Waals surface area contributed by atoms with Crippen molar-refractivity contribution in [3.8, 4) is 0 Å². The molecule has 4 N–H and O–H groups in total. The Kier molecular flexibility index (Phi) is 4.27. The maximum atomic E-state index is 10.7. The van der Waals surface area contributed by atoms with Gasteiger partial charge < -0.3 is 16.4 Å². The number of nitro groups is 1. The highest BCUT2D eigenvalue weighted by Crippen LogP contribution is 2.23. The number of benzene rings is 1. The summed E-state index contributed by atoms with van der Waals surface area (Å²) in [6, 6.07) is 4.55. The molecular weight excluding hydrogens is 224 g/mol. The lowest BCUT2D eigenvalue weighted by Gasteiger charge is -2.07. The molecule has 0 aliphatic carbocycles. The molecule has 0 aliphatic rings. The highest BCUT2D eigenvalue weighted by molar-refractivity contribution is 5.74. The number of hydrogen-bond donors (Lipinski definition) is 3. The van der Waals surface area contributed by atoms with E-state index in [0.29, 0.717) is 17.9 Å². The number of carbonyl (C=O) groups excluding carboxylic acids is 1. The molecule has 0 spiro atoms. The largest absolute Gasteiger partial charge is 0.388 e. The average molecular weight is 238 g/mol. The van der Waals surface area contributed by atoms with Crippen molar-refractivity contribution in [2.75, 3.05) is 24.2 Å². The van der Waals surface area contributed by atoms with Crippen molar-refractivity contribution in [1.82, 2.24) is 0 Å². The molecule has 0 saturated heterocycles. The van der Waals surface area contributed by atoms with Crippen LogP contribution in [0.15, 0.2) is 18.2 Å². The van der Waals surface area contributed by atoms with Gasteiger partial charge in [-0.15, -0.1) is 0 Å². The number of non-ortho nitro benzene ring substituents is 1. The molecule has 0 fully saturated rings. The fourth-order valence-electron chi connectivity index (χ4n) is 1.29. The number of hydrogen-bond acceptors (Lipinski definition) is 5. The normalized spacial score (nSPS) is 9.71. The number of nitrogens with one attached hydrogen (secondary N) is 2. The lowest BCUT2D eigenvalue weighted by Crippen LogP contribution is -2.15. The van der Waals surface area contributed by atoms with E-state index in [-0.39, 0.29) is 12.1 Å². The first-order valence-corrected chi connectivity index (χ1v) is 5.02. The quantitative estimate of drug-likeness (QED) is 0.504. The van der Waals surface area contributed by atoms with E-state index in [4.69, 9.17) is 5.73 Å². The van der Waals surface area contributed by atoms with Crippen molar-refractivity contribution in [2.45, 2.75) is 6.42 Å². The minimum absolute atomic E-state index is 0.0153. The van der Waals surface area contributed by atoms with Crippen molar-refractivity contribution in [1.29, 1.82) is 0 Å². The van der Waals surface area contributed by atoms with Crippen LogP contribution >= 0.6 is 0 Å². The zero-order valence-electron chi connectivity index (χ0n) is 9.40. The molecule has 1 rings (SSSR count). The molecule has 1 amide bonds. The maximum Gasteiger partial charge on any atom is 0.273 e. The summed E-state index contributed by atoms with van der Waals surface area (Å²) in [5.74, 6) is -0.420. The molecule has 7 heteroatoms. The lowest BCUT2D eigenvalue weighted by atomic mass is 10.2. The number of primary amides is 1. The van der Waals surface area contributed by atoms with Crippen LogP contribution in [0.3, 0.4) is 0 Å². The standard InChI is InChI=1S/C10H14N4O3/c1-12-7-4-8(13-3-2-10(11)15)6-9(5-7)14(16)17/h4-6,12-13H,2-3H2,1H3,(H2,11,15). The predicted molar refractivity (Wildman–Crippen MR) is 64.9 cm³/mol. The first-order chi connectivity index (χ1) is 8.02. The summed E-state index contributed by atoms with van der Waals surface area (Å²) < 4.78 is 0. The summed E-state index contributed by atoms with van der Waals surface area (Å²) in [6.45, 7) is 0.347. The van der Waals surface area contributed by atoms with E-state index < -0.39 is 10.8 Å². The monoisotopic (exact) mass is 238 g/mol. The molecule has 17 heavy (non-hydrogen) atoms. The number of nitrogens with two attached hydrogens (primary N) is 1. The fourth-order valence-corrected chi connectivity index (χ4v) is 1.29. The Balaban J connectivity index is 2.80. The van der Waals surface area contributed by atoms with Crippen LogP contribution in [0.25, 0.3) is 0 Å². The Morgan fingerprint density at radius 3 is 2.59 bits per heavy atom. The van der Waals surface area contributed by atoms with Gasteiger partial charge in [-0.25, -0.2) is 0 Å². The minimum atomic E-state index is -0.472. The third kappa shape index (κ3) is 3.98. The zero-order chi connectivity index (χ0) is 12.8. The molecule has 0 unspecified atom stereocenters. The molecular formula is C10H14N4O3. The van der Waals surface area contributed by atoms with E-state index >= 15 is 0 Å². The highest BCUT2D eigenvalue weighted by atomic mass is 16.6. The van der Waals surface area contributed by atoms with Crippen LogP contribution in [0.5, 0.6) is 0 Å². The highest BCUT2D eigenvalue weighted by Gasteiger charge is 2.09. The van der Waals surface area contributed by atoms with E-state index in [1.807, 2.05) is 0 Å². The summed E-state index contributed by atoms with van der Waals surface area (Å²) >= 11 is 0. The van der Waals surface area contributed by atoms with Crippen LogP contribution < -0.4 is 16.4 Å². The van der Waals surface area contributed by atoms with E-state index in [0.717, 1.165) is 0 Å². The van der Waals surface area contributed by atoms with Gasteiger partial charge in [0.15, 0.2) is 0 Å². The second kappa shape index (κ2) is 5.69.